The van der Waals surface area contributed by atoms with E-state index in [0.29, 0.717) is 12.3 Å². The Bertz CT molecular complexity index is 443. The number of hydrogen-bond donors (Lipinski definition) is 2. The smallest absolute Gasteiger partial charge is 0.244 e. The van der Waals surface area contributed by atoms with E-state index in [1.54, 1.807) is 6.92 Å². The van der Waals surface area contributed by atoms with E-state index in [-0.39, 0.29) is 17.5 Å². The molecule has 1 heterocycles. The highest BCUT2D eigenvalue weighted by Gasteiger charge is 2.20. The van der Waals surface area contributed by atoms with Crippen molar-refractivity contribution >= 4 is 10.0 Å². The quantitative estimate of drug-likeness (QED) is 0.702. The Morgan fingerprint density at radius 1 is 1.53 bits per heavy atom. The van der Waals surface area contributed by atoms with Crippen LogP contribution in [0.4, 0.5) is 0 Å². The molecule has 0 aliphatic carbocycles. The summed E-state index contributed by atoms with van der Waals surface area (Å²) in [6.45, 7) is 2.12. The molecule has 0 radical (unpaired) electrons. The second kappa shape index (κ2) is 6.10. The van der Waals surface area contributed by atoms with E-state index in [1.165, 1.54) is 20.4 Å². The number of methoxy groups -OCH3 is 2. The minimum absolute atomic E-state index is 0.143. The Morgan fingerprint density at radius 3 is 2.71 bits per heavy atom. The minimum Gasteiger partial charge on any atom is -0.382 e. The van der Waals surface area contributed by atoms with Crippen LogP contribution in [0, 0.1) is 6.92 Å². The largest absolute Gasteiger partial charge is 0.382 e. The minimum atomic E-state index is -3.55. The molecule has 7 nitrogen and oxygen atoms in total. The molecule has 0 saturated heterocycles. The lowest BCUT2D eigenvalue weighted by Crippen LogP contribution is -2.35. The Morgan fingerprint density at radius 2 is 2.24 bits per heavy atom. The van der Waals surface area contributed by atoms with Crippen LogP contribution >= 0.6 is 0 Å². The molecule has 0 saturated carbocycles. The van der Waals surface area contributed by atoms with Crippen LogP contribution in [0.15, 0.2) is 11.1 Å². The highest BCUT2D eigenvalue weighted by Crippen LogP contribution is 2.10. The summed E-state index contributed by atoms with van der Waals surface area (Å²) < 4.78 is 36.1. The SMILES string of the molecule is COCC(CNS(=O)(=O)c1cn[nH]c1C)OC. The first kappa shape index (κ1) is 14.1. The molecular weight excluding hydrogens is 246 g/mol. The molecule has 8 heteroatoms. The highest BCUT2D eigenvalue weighted by molar-refractivity contribution is 7.89. The molecule has 17 heavy (non-hydrogen) atoms. The van der Waals surface area contributed by atoms with Gasteiger partial charge >= 0.3 is 0 Å². The van der Waals surface area contributed by atoms with E-state index in [9.17, 15) is 8.42 Å². The third kappa shape index (κ3) is 3.77. The molecule has 1 rings (SSSR count). The maximum Gasteiger partial charge on any atom is 0.244 e. The van der Waals surface area contributed by atoms with Crippen LogP contribution in [0.5, 0.6) is 0 Å². The standard InChI is InChI=1S/C9H17N3O4S/c1-7-9(5-10-12-7)17(13,14)11-4-8(16-3)6-15-2/h5,8,11H,4,6H2,1-3H3,(H,10,12). The van der Waals surface area contributed by atoms with Crippen molar-refractivity contribution in [3.63, 3.8) is 0 Å². The lowest BCUT2D eigenvalue weighted by molar-refractivity contribution is 0.0320. The van der Waals surface area contributed by atoms with Gasteiger partial charge in [-0.05, 0) is 6.92 Å². The molecule has 0 fully saturated rings. The van der Waals surface area contributed by atoms with Crippen molar-refractivity contribution in [2.45, 2.75) is 17.9 Å². The van der Waals surface area contributed by atoms with Crippen molar-refractivity contribution in [3.8, 4) is 0 Å². The first-order valence-electron chi connectivity index (χ1n) is 5.02. The molecular formula is C9H17N3O4S. The molecule has 0 aromatic carbocycles. The van der Waals surface area contributed by atoms with Crippen molar-refractivity contribution < 1.29 is 17.9 Å². The van der Waals surface area contributed by atoms with Gasteiger partial charge in [0.05, 0.1) is 24.6 Å². The van der Waals surface area contributed by atoms with Gasteiger partial charge in [0.2, 0.25) is 10.0 Å². The summed E-state index contributed by atoms with van der Waals surface area (Å²) >= 11 is 0. The number of aromatic amines is 1. The number of hydrogen-bond acceptors (Lipinski definition) is 5. The van der Waals surface area contributed by atoms with Gasteiger partial charge in [-0.1, -0.05) is 0 Å². The van der Waals surface area contributed by atoms with E-state index in [4.69, 9.17) is 9.47 Å². The summed E-state index contributed by atoms with van der Waals surface area (Å²) in [6.07, 6.45) is 0.956. The van der Waals surface area contributed by atoms with Crippen LogP contribution in [-0.2, 0) is 19.5 Å². The average Bonchev–Trinajstić information content (AvgIpc) is 2.71. The summed E-state index contributed by atoms with van der Waals surface area (Å²) in [5, 5.41) is 6.25. The van der Waals surface area contributed by atoms with Crippen LogP contribution in [-0.4, -0.2) is 52.1 Å². The van der Waals surface area contributed by atoms with E-state index in [2.05, 4.69) is 14.9 Å². The van der Waals surface area contributed by atoms with Crippen molar-refractivity contribution in [1.82, 2.24) is 14.9 Å². The number of H-pyrrole nitrogens is 1. The maximum absolute atomic E-state index is 11.9. The predicted octanol–water partition coefficient (Wildman–Crippen LogP) is -0.342. The predicted molar refractivity (Wildman–Crippen MR) is 61.2 cm³/mol. The van der Waals surface area contributed by atoms with E-state index in [1.807, 2.05) is 0 Å². The first-order valence-corrected chi connectivity index (χ1v) is 6.51. The zero-order valence-corrected chi connectivity index (χ0v) is 10.9. The van der Waals surface area contributed by atoms with Gasteiger partial charge in [-0.25, -0.2) is 13.1 Å². The Balaban J connectivity index is 2.65. The Hall–Kier alpha value is -0.960. The lowest BCUT2D eigenvalue weighted by Gasteiger charge is -2.14. The molecule has 0 amide bonds. The number of sulfonamides is 1. The van der Waals surface area contributed by atoms with Gasteiger partial charge in [0, 0.05) is 20.8 Å². The van der Waals surface area contributed by atoms with Crippen molar-refractivity contribution in [2.75, 3.05) is 27.4 Å². The van der Waals surface area contributed by atoms with Gasteiger partial charge in [-0.2, -0.15) is 5.10 Å². The topological polar surface area (TPSA) is 93.3 Å². The van der Waals surface area contributed by atoms with Gasteiger partial charge < -0.3 is 9.47 Å². The first-order chi connectivity index (χ1) is 8.01. The number of rotatable bonds is 7. The molecule has 0 spiro atoms. The molecule has 2 N–H and O–H groups in total. The van der Waals surface area contributed by atoms with Gasteiger partial charge in [0.15, 0.2) is 0 Å². The van der Waals surface area contributed by atoms with Crippen LogP contribution in [0.1, 0.15) is 5.69 Å². The third-order valence-corrected chi connectivity index (χ3v) is 3.80. The fraction of sp³-hybridized carbons (Fsp3) is 0.667. The second-order valence-corrected chi connectivity index (χ2v) is 5.26. The van der Waals surface area contributed by atoms with Gasteiger partial charge in [0.25, 0.3) is 0 Å². The molecule has 1 atom stereocenters. The molecule has 98 valence electrons. The van der Waals surface area contributed by atoms with Gasteiger partial charge in [-0.15, -0.1) is 0 Å². The fourth-order valence-electron chi connectivity index (χ4n) is 1.29. The summed E-state index contributed by atoms with van der Waals surface area (Å²) in [7, 11) is -0.521. The van der Waals surface area contributed by atoms with Gasteiger partial charge in [-0.3, -0.25) is 5.10 Å². The molecule has 1 aromatic heterocycles. The number of nitrogens with zero attached hydrogens (tertiary/aromatic N) is 1. The van der Waals surface area contributed by atoms with Crippen molar-refractivity contribution in [2.24, 2.45) is 0 Å². The monoisotopic (exact) mass is 263 g/mol. The number of aromatic nitrogens is 2. The molecule has 0 bridgehead atoms. The Labute approximate surface area is 101 Å². The molecule has 1 aromatic rings. The molecule has 1 unspecified atom stereocenters. The van der Waals surface area contributed by atoms with Crippen molar-refractivity contribution in [3.05, 3.63) is 11.9 Å². The summed E-state index contributed by atoms with van der Waals surface area (Å²) in [4.78, 5) is 0.143. The average molecular weight is 263 g/mol. The van der Waals surface area contributed by atoms with E-state index >= 15 is 0 Å². The fourth-order valence-corrected chi connectivity index (χ4v) is 2.49. The number of ether oxygens (including phenoxy) is 2. The summed E-state index contributed by atoms with van der Waals surface area (Å²) in [6, 6.07) is 0. The second-order valence-electron chi connectivity index (χ2n) is 3.52. The van der Waals surface area contributed by atoms with Crippen LogP contribution in [0.25, 0.3) is 0 Å². The third-order valence-electron chi connectivity index (χ3n) is 2.26. The summed E-state index contributed by atoms with van der Waals surface area (Å²) in [5.74, 6) is 0. The normalized spacial score (nSPS) is 13.8. The van der Waals surface area contributed by atoms with Crippen molar-refractivity contribution in [1.29, 1.82) is 0 Å². The Kier molecular flexibility index (Phi) is 5.06. The highest BCUT2D eigenvalue weighted by atomic mass is 32.2. The summed E-state index contributed by atoms with van der Waals surface area (Å²) in [5.41, 5.74) is 0.498. The zero-order valence-electron chi connectivity index (χ0n) is 10.1. The van der Waals surface area contributed by atoms with Crippen LogP contribution in [0.2, 0.25) is 0 Å². The molecule has 0 aliphatic rings. The lowest BCUT2D eigenvalue weighted by atomic mass is 10.4. The van der Waals surface area contributed by atoms with E-state index < -0.39 is 10.0 Å². The van der Waals surface area contributed by atoms with Crippen LogP contribution in [0.3, 0.4) is 0 Å². The van der Waals surface area contributed by atoms with E-state index in [0.717, 1.165) is 0 Å². The zero-order chi connectivity index (χ0) is 12.9. The number of nitrogens with one attached hydrogen (secondary N) is 2. The number of aryl methyl sites for hydroxylation is 1. The molecule has 0 aliphatic heterocycles. The maximum atomic E-state index is 11.9. The van der Waals surface area contributed by atoms with Crippen LogP contribution < -0.4 is 4.72 Å². The van der Waals surface area contributed by atoms with Gasteiger partial charge in [0.1, 0.15) is 4.90 Å².